The smallest absolute Gasteiger partial charge is 0.336 e. The molecule has 0 aliphatic rings. The van der Waals surface area contributed by atoms with Crippen LogP contribution in [0.15, 0.2) is 33.5 Å². The molecule has 20 heavy (non-hydrogen) atoms. The third-order valence-corrected chi connectivity index (χ3v) is 2.70. The summed E-state index contributed by atoms with van der Waals surface area (Å²) in [5, 5.41) is 6.37. The van der Waals surface area contributed by atoms with Gasteiger partial charge in [0.05, 0.1) is 0 Å². The highest BCUT2D eigenvalue weighted by molar-refractivity contribution is 5.92. The van der Waals surface area contributed by atoms with Crippen LogP contribution in [0.5, 0.6) is 0 Å². The zero-order chi connectivity index (χ0) is 14.9. The molecule has 2 rings (SSSR count). The Kier molecular flexibility index (Phi) is 3.53. The summed E-state index contributed by atoms with van der Waals surface area (Å²) in [5.74, 6) is 0. The van der Waals surface area contributed by atoms with Gasteiger partial charge in [0, 0.05) is 28.7 Å². The molecule has 5 nitrogen and oxygen atoms in total. The van der Waals surface area contributed by atoms with Crippen molar-refractivity contribution in [3.8, 4) is 0 Å². The number of urea groups is 1. The van der Waals surface area contributed by atoms with Crippen molar-refractivity contribution in [2.75, 3.05) is 5.32 Å². The third-order valence-electron chi connectivity index (χ3n) is 2.70. The van der Waals surface area contributed by atoms with Crippen LogP contribution in [0.2, 0.25) is 0 Å². The molecule has 0 spiro atoms. The normalized spacial score (nSPS) is 11.4. The molecule has 0 aliphatic carbocycles. The van der Waals surface area contributed by atoms with Crippen LogP contribution >= 0.6 is 0 Å². The maximum absolute atomic E-state index is 11.8. The highest BCUT2D eigenvalue weighted by Gasteiger charge is 2.13. The van der Waals surface area contributed by atoms with Gasteiger partial charge in [-0.25, -0.2) is 9.59 Å². The fraction of sp³-hybridized carbons (Fsp3) is 0.333. The SMILES string of the molecule is Cc1cc(=O)oc2cc(NC(=O)NC(C)(C)C)ccc12. The molecule has 0 fully saturated rings. The van der Waals surface area contributed by atoms with E-state index < -0.39 is 5.63 Å². The van der Waals surface area contributed by atoms with Crippen molar-refractivity contribution in [1.82, 2.24) is 5.32 Å². The lowest BCUT2D eigenvalue weighted by Crippen LogP contribution is -2.43. The Bertz CT molecular complexity index is 711. The van der Waals surface area contributed by atoms with Crippen molar-refractivity contribution in [3.05, 3.63) is 40.2 Å². The summed E-state index contributed by atoms with van der Waals surface area (Å²) in [6, 6.07) is 6.39. The lowest BCUT2D eigenvalue weighted by molar-refractivity contribution is 0.244. The van der Waals surface area contributed by atoms with Crippen LogP contribution in [0.4, 0.5) is 10.5 Å². The summed E-state index contributed by atoms with van der Waals surface area (Å²) in [5.41, 5.74) is 1.18. The average Bonchev–Trinajstić information content (AvgIpc) is 2.24. The quantitative estimate of drug-likeness (QED) is 0.785. The Balaban J connectivity index is 2.28. The Morgan fingerprint density at radius 3 is 2.55 bits per heavy atom. The fourth-order valence-electron chi connectivity index (χ4n) is 1.91. The maximum Gasteiger partial charge on any atom is 0.336 e. The Hall–Kier alpha value is -2.30. The van der Waals surface area contributed by atoms with Crippen molar-refractivity contribution in [1.29, 1.82) is 0 Å². The number of anilines is 1. The van der Waals surface area contributed by atoms with Gasteiger partial charge in [-0.3, -0.25) is 0 Å². The molecule has 0 unspecified atom stereocenters. The van der Waals surface area contributed by atoms with Crippen LogP contribution in [0.3, 0.4) is 0 Å². The summed E-state index contributed by atoms with van der Waals surface area (Å²) < 4.78 is 5.14. The molecular weight excluding hydrogens is 256 g/mol. The van der Waals surface area contributed by atoms with Crippen LogP contribution in [-0.4, -0.2) is 11.6 Å². The van der Waals surface area contributed by atoms with Gasteiger partial charge >= 0.3 is 11.7 Å². The minimum Gasteiger partial charge on any atom is -0.423 e. The average molecular weight is 274 g/mol. The topological polar surface area (TPSA) is 71.3 Å². The zero-order valence-electron chi connectivity index (χ0n) is 12.0. The summed E-state index contributed by atoms with van der Waals surface area (Å²) in [4.78, 5) is 23.1. The second-order valence-corrected chi connectivity index (χ2v) is 5.79. The highest BCUT2D eigenvalue weighted by Crippen LogP contribution is 2.20. The van der Waals surface area contributed by atoms with E-state index in [0.717, 1.165) is 10.9 Å². The van der Waals surface area contributed by atoms with Gasteiger partial charge in [-0.05, 0) is 45.4 Å². The van der Waals surface area contributed by atoms with E-state index in [9.17, 15) is 9.59 Å². The predicted molar refractivity (Wildman–Crippen MR) is 79.1 cm³/mol. The van der Waals surface area contributed by atoms with Gasteiger partial charge < -0.3 is 15.1 Å². The minimum atomic E-state index is -0.397. The van der Waals surface area contributed by atoms with Crippen molar-refractivity contribution in [3.63, 3.8) is 0 Å². The molecule has 0 saturated carbocycles. The number of benzene rings is 1. The van der Waals surface area contributed by atoms with Crippen molar-refractivity contribution >= 4 is 22.7 Å². The molecule has 2 amide bonds. The van der Waals surface area contributed by atoms with Crippen LogP contribution in [0.1, 0.15) is 26.3 Å². The molecular formula is C15H18N2O3. The Morgan fingerprint density at radius 2 is 1.90 bits per heavy atom. The summed E-state index contributed by atoms with van der Waals surface area (Å²) in [6.07, 6.45) is 0. The van der Waals surface area contributed by atoms with E-state index in [1.807, 2.05) is 33.8 Å². The number of hydrogen-bond acceptors (Lipinski definition) is 3. The van der Waals surface area contributed by atoms with Gasteiger partial charge in [0.1, 0.15) is 5.58 Å². The van der Waals surface area contributed by atoms with Gasteiger partial charge in [-0.2, -0.15) is 0 Å². The molecule has 0 atom stereocenters. The predicted octanol–water partition coefficient (Wildman–Crippen LogP) is 3.02. The number of rotatable bonds is 1. The fourth-order valence-corrected chi connectivity index (χ4v) is 1.91. The summed E-state index contributed by atoms with van der Waals surface area (Å²) in [6.45, 7) is 7.54. The first-order chi connectivity index (χ1) is 9.24. The van der Waals surface area contributed by atoms with Crippen molar-refractivity contribution in [2.45, 2.75) is 33.2 Å². The number of carbonyl (C=O) groups excluding carboxylic acids is 1. The molecule has 0 saturated heterocycles. The second-order valence-electron chi connectivity index (χ2n) is 5.79. The molecule has 0 bridgehead atoms. The van der Waals surface area contributed by atoms with Gasteiger partial charge in [-0.1, -0.05) is 0 Å². The molecule has 1 aromatic carbocycles. The number of hydrogen-bond donors (Lipinski definition) is 2. The number of carbonyl (C=O) groups is 1. The monoisotopic (exact) mass is 274 g/mol. The van der Waals surface area contributed by atoms with Crippen LogP contribution in [-0.2, 0) is 0 Å². The van der Waals surface area contributed by atoms with E-state index in [0.29, 0.717) is 11.3 Å². The van der Waals surface area contributed by atoms with E-state index in [2.05, 4.69) is 10.6 Å². The number of nitrogens with one attached hydrogen (secondary N) is 2. The first kappa shape index (κ1) is 14.1. The maximum atomic E-state index is 11.8. The number of aryl methyl sites for hydroxylation is 1. The van der Waals surface area contributed by atoms with E-state index in [1.54, 1.807) is 12.1 Å². The molecule has 1 aromatic heterocycles. The van der Waals surface area contributed by atoms with E-state index in [1.165, 1.54) is 6.07 Å². The standard InChI is InChI=1S/C15H18N2O3/c1-9-7-13(18)20-12-8-10(5-6-11(9)12)16-14(19)17-15(2,3)4/h5-8H,1-4H3,(H2,16,17,19). The lowest BCUT2D eigenvalue weighted by atomic mass is 10.1. The number of fused-ring (bicyclic) bond motifs is 1. The van der Waals surface area contributed by atoms with Crippen LogP contribution in [0, 0.1) is 6.92 Å². The molecule has 1 heterocycles. The van der Waals surface area contributed by atoms with E-state index >= 15 is 0 Å². The molecule has 2 aromatic rings. The Morgan fingerprint density at radius 1 is 1.20 bits per heavy atom. The molecule has 0 aliphatic heterocycles. The lowest BCUT2D eigenvalue weighted by Gasteiger charge is -2.20. The van der Waals surface area contributed by atoms with Gasteiger partial charge in [0.25, 0.3) is 0 Å². The number of amides is 2. The molecule has 2 N–H and O–H groups in total. The van der Waals surface area contributed by atoms with E-state index in [4.69, 9.17) is 4.42 Å². The van der Waals surface area contributed by atoms with Crippen molar-refractivity contribution < 1.29 is 9.21 Å². The van der Waals surface area contributed by atoms with E-state index in [-0.39, 0.29) is 11.6 Å². The zero-order valence-corrected chi connectivity index (χ0v) is 12.0. The first-order valence-corrected chi connectivity index (χ1v) is 6.38. The molecule has 106 valence electrons. The highest BCUT2D eigenvalue weighted by atomic mass is 16.4. The van der Waals surface area contributed by atoms with Crippen molar-refractivity contribution in [2.24, 2.45) is 0 Å². The second kappa shape index (κ2) is 5.00. The first-order valence-electron chi connectivity index (χ1n) is 6.38. The largest absolute Gasteiger partial charge is 0.423 e. The Labute approximate surface area is 117 Å². The minimum absolute atomic E-state index is 0.299. The summed E-state index contributed by atoms with van der Waals surface area (Å²) in [7, 11) is 0. The molecule has 0 radical (unpaired) electrons. The van der Waals surface area contributed by atoms with Crippen LogP contribution in [0.25, 0.3) is 11.0 Å². The third kappa shape index (κ3) is 3.38. The van der Waals surface area contributed by atoms with Crippen LogP contribution < -0.4 is 16.3 Å². The van der Waals surface area contributed by atoms with Gasteiger partial charge in [-0.15, -0.1) is 0 Å². The molecule has 5 heteroatoms. The van der Waals surface area contributed by atoms with Gasteiger partial charge in [0.2, 0.25) is 0 Å². The summed E-state index contributed by atoms with van der Waals surface area (Å²) >= 11 is 0. The van der Waals surface area contributed by atoms with Gasteiger partial charge in [0.15, 0.2) is 0 Å².